The molecule has 5 nitrogen and oxygen atoms in total. The molecule has 0 aliphatic carbocycles. The molecule has 22 heavy (non-hydrogen) atoms. The van der Waals surface area contributed by atoms with E-state index in [2.05, 4.69) is 11.9 Å². The summed E-state index contributed by atoms with van der Waals surface area (Å²) in [6.45, 7) is 8.31. The molecule has 0 aliphatic rings. The van der Waals surface area contributed by atoms with Crippen LogP contribution in [0.15, 0.2) is 12.7 Å². The largest absolute Gasteiger partial charge is 0.480 e. The van der Waals surface area contributed by atoms with Crippen LogP contribution in [0.3, 0.4) is 0 Å². The second kappa shape index (κ2) is 8.70. The highest BCUT2D eigenvalue weighted by atomic mass is 19.3. The van der Waals surface area contributed by atoms with Gasteiger partial charge in [-0.05, 0) is 40.0 Å². The Morgan fingerprint density at radius 3 is 2.36 bits per heavy atom. The maximum atomic E-state index is 13.4. The molecule has 0 rings (SSSR count). The van der Waals surface area contributed by atoms with E-state index in [0.29, 0.717) is 0 Å². The number of hydrogen-bond acceptors (Lipinski definition) is 3. The molecule has 0 aromatic rings. The third-order valence-electron chi connectivity index (χ3n) is 2.74. The van der Waals surface area contributed by atoms with Crippen molar-refractivity contribution in [3.8, 4) is 0 Å². The third-order valence-corrected chi connectivity index (χ3v) is 2.74. The summed E-state index contributed by atoms with van der Waals surface area (Å²) in [5, 5.41) is 11.2. The third kappa shape index (κ3) is 10.1. The molecule has 1 atom stereocenters. The van der Waals surface area contributed by atoms with Crippen LogP contribution in [0.5, 0.6) is 0 Å². The highest BCUT2D eigenvalue weighted by Gasteiger charge is 2.29. The first-order valence-electron chi connectivity index (χ1n) is 7.18. The van der Waals surface area contributed by atoms with Crippen molar-refractivity contribution in [2.45, 2.75) is 70.4 Å². The zero-order chi connectivity index (χ0) is 17.4. The van der Waals surface area contributed by atoms with Crippen LogP contribution in [0, 0.1) is 0 Å². The Kier molecular flexibility index (Phi) is 8.05. The zero-order valence-electron chi connectivity index (χ0n) is 13.3. The second-order valence-corrected chi connectivity index (χ2v) is 6.11. The predicted molar refractivity (Wildman–Crippen MR) is 79.0 cm³/mol. The molecule has 0 spiro atoms. The minimum atomic E-state index is -2.86. The molecule has 0 fully saturated rings. The van der Waals surface area contributed by atoms with Gasteiger partial charge in [0.25, 0.3) is 0 Å². The first-order valence-corrected chi connectivity index (χ1v) is 7.18. The Labute approximate surface area is 129 Å². The van der Waals surface area contributed by atoms with Crippen LogP contribution in [0.4, 0.5) is 13.6 Å². The van der Waals surface area contributed by atoms with Crippen LogP contribution in [0.1, 0.15) is 52.9 Å². The van der Waals surface area contributed by atoms with Gasteiger partial charge in [0.1, 0.15) is 11.6 Å². The maximum absolute atomic E-state index is 13.4. The second-order valence-electron chi connectivity index (χ2n) is 6.11. The van der Waals surface area contributed by atoms with Crippen LogP contribution in [0.25, 0.3) is 0 Å². The lowest BCUT2D eigenvalue weighted by molar-refractivity contribution is -0.139. The van der Waals surface area contributed by atoms with Gasteiger partial charge in [-0.15, -0.1) is 6.58 Å². The Morgan fingerprint density at radius 2 is 1.91 bits per heavy atom. The monoisotopic (exact) mass is 321 g/mol. The van der Waals surface area contributed by atoms with E-state index in [-0.39, 0.29) is 25.7 Å². The number of hydrogen-bond donors (Lipinski definition) is 2. The number of aliphatic carboxylic acids is 1. The summed E-state index contributed by atoms with van der Waals surface area (Å²) in [6, 6.07) is -1.25. The average Bonchev–Trinajstić information content (AvgIpc) is 2.32. The highest BCUT2D eigenvalue weighted by molar-refractivity contribution is 5.79. The molecule has 0 saturated carbocycles. The fourth-order valence-corrected chi connectivity index (χ4v) is 1.71. The van der Waals surface area contributed by atoms with Crippen molar-refractivity contribution in [2.24, 2.45) is 0 Å². The fraction of sp³-hybridized carbons (Fsp3) is 0.733. The lowest BCUT2D eigenvalue weighted by Gasteiger charge is -2.22. The standard InChI is InChI=1S/C15H25F2NO4/c1-5-6-9-15(16,17)10-7-8-11(12(19)20)18-13(21)22-14(2,3)4/h5,11H,1,6-10H2,2-4H3,(H,18,21)(H,19,20)/t11-/m0/s1. The zero-order valence-corrected chi connectivity index (χ0v) is 13.3. The lowest BCUT2D eigenvalue weighted by Crippen LogP contribution is -2.43. The molecule has 0 unspecified atom stereocenters. The Bertz CT molecular complexity index is 391. The van der Waals surface area contributed by atoms with E-state index >= 15 is 0 Å². The van der Waals surface area contributed by atoms with E-state index in [1.54, 1.807) is 20.8 Å². The number of carbonyl (C=O) groups excluding carboxylic acids is 1. The summed E-state index contributed by atoms with van der Waals surface area (Å²) in [5.74, 6) is -4.14. The van der Waals surface area contributed by atoms with Crippen molar-refractivity contribution >= 4 is 12.1 Å². The van der Waals surface area contributed by atoms with E-state index in [0.717, 1.165) is 0 Å². The molecule has 7 heteroatoms. The minimum absolute atomic E-state index is 0.0170. The normalized spacial score (nSPS) is 13.3. The number of alkyl carbamates (subject to hydrolysis) is 1. The van der Waals surface area contributed by atoms with Crippen molar-refractivity contribution in [1.82, 2.24) is 5.32 Å². The number of carbonyl (C=O) groups is 2. The van der Waals surface area contributed by atoms with Crippen molar-refractivity contribution in [3.05, 3.63) is 12.7 Å². The molecule has 0 aliphatic heterocycles. The first-order chi connectivity index (χ1) is 9.97. The molecule has 0 saturated heterocycles. The van der Waals surface area contributed by atoms with Crippen LogP contribution in [0.2, 0.25) is 0 Å². The van der Waals surface area contributed by atoms with E-state index in [4.69, 9.17) is 9.84 Å². The SMILES string of the molecule is C=CCCC(F)(F)CCC[C@H](NC(=O)OC(C)(C)C)C(=O)O. The van der Waals surface area contributed by atoms with Gasteiger partial charge in [-0.2, -0.15) is 0 Å². The molecule has 128 valence electrons. The molecular formula is C15H25F2NO4. The molecule has 0 bridgehead atoms. The molecule has 2 N–H and O–H groups in total. The van der Waals surface area contributed by atoms with Gasteiger partial charge >= 0.3 is 12.1 Å². The predicted octanol–water partition coefficient (Wildman–Crippen LogP) is 3.74. The molecule has 0 aromatic heterocycles. The van der Waals surface area contributed by atoms with Crippen LogP contribution >= 0.6 is 0 Å². The fourth-order valence-electron chi connectivity index (χ4n) is 1.71. The average molecular weight is 321 g/mol. The topological polar surface area (TPSA) is 75.6 Å². The van der Waals surface area contributed by atoms with E-state index in [9.17, 15) is 18.4 Å². The van der Waals surface area contributed by atoms with Gasteiger partial charge < -0.3 is 15.2 Å². The van der Waals surface area contributed by atoms with Gasteiger partial charge in [-0.1, -0.05) is 6.08 Å². The van der Waals surface area contributed by atoms with Gasteiger partial charge in [0.2, 0.25) is 5.92 Å². The van der Waals surface area contributed by atoms with Gasteiger partial charge in [-0.3, -0.25) is 0 Å². The van der Waals surface area contributed by atoms with E-state index in [1.165, 1.54) is 6.08 Å². The number of halogens is 2. The molecule has 0 aromatic carbocycles. The number of ether oxygens (including phenoxy) is 1. The number of carboxylic acids is 1. The molecule has 1 amide bonds. The smallest absolute Gasteiger partial charge is 0.408 e. The summed E-state index contributed by atoms with van der Waals surface area (Å²) in [5.41, 5.74) is -0.759. The number of carboxylic acid groups (broad SMARTS) is 1. The quantitative estimate of drug-likeness (QED) is 0.634. The summed E-state index contributed by atoms with van der Waals surface area (Å²) >= 11 is 0. The van der Waals surface area contributed by atoms with Crippen molar-refractivity contribution in [3.63, 3.8) is 0 Å². The van der Waals surface area contributed by atoms with Gasteiger partial charge in [0.15, 0.2) is 0 Å². The molecule has 0 radical (unpaired) electrons. The molecular weight excluding hydrogens is 296 g/mol. The summed E-state index contributed by atoms with van der Waals surface area (Å²) < 4.78 is 31.8. The lowest BCUT2D eigenvalue weighted by atomic mass is 10.0. The van der Waals surface area contributed by atoms with E-state index < -0.39 is 36.0 Å². The summed E-state index contributed by atoms with van der Waals surface area (Å²) in [7, 11) is 0. The molecule has 0 heterocycles. The van der Waals surface area contributed by atoms with Gasteiger partial charge in [-0.25, -0.2) is 18.4 Å². The highest BCUT2D eigenvalue weighted by Crippen LogP contribution is 2.27. The van der Waals surface area contributed by atoms with Gasteiger partial charge in [0.05, 0.1) is 0 Å². The Hall–Kier alpha value is -1.66. The first kappa shape index (κ1) is 20.3. The number of allylic oxidation sites excluding steroid dienone is 1. The van der Waals surface area contributed by atoms with Gasteiger partial charge in [0, 0.05) is 12.8 Å². The summed E-state index contributed by atoms with van der Waals surface area (Å²) in [6.07, 6.45) is -0.106. The van der Waals surface area contributed by atoms with E-state index in [1.807, 2.05) is 0 Å². The number of nitrogens with one attached hydrogen (secondary N) is 1. The maximum Gasteiger partial charge on any atom is 0.408 e. The number of rotatable bonds is 9. The summed E-state index contributed by atoms with van der Waals surface area (Å²) in [4.78, 5) is 22.6. The van der Waals surface area contributed by atoms with Crippen molar-refractivity contribution in [1.29, 1.82) is 0 Å². The van der Waals surface area contributed by atoms with Crippen LogP contribution in [-0.2, 0) is 9.53 Å². The number of amides is 1. The number of alkyl halides is 2. The van der Waals surface area contributed by atoms with Crippen molar-refractivity contribution < 1.29 is 28.2 Å². The minimum Gasteiger partial charge on any atom is -0.480 e. The van der Waals surface area contributed by atoms with Crippen LogP contribution in [-0.4, -0.2) is 34.7 Å². The van der Waals surface area contributed by atoms with Crippen LogP contribution < -0.4 is 5.32 Å². The Balaban J connectivity index is 4.34. The van der Waals surface area contributed by atoms with Crippen molar-refractivity contribution in [2.75, 3.05) is 0 Å². The Morgan fingerprint density at radius 1 is 1.32 bits per heavy atom.